The lowest BCUT2D eigenvalue weighted by Crippen LogP contribution is -2.19. The quantitative estimate of drug-likeness (QED) is 0.642. The molecule has 0 spiro atoms. The van der Waals surface area contributed by atoms with Gasteiger partial charge in [-0.25, -0.2) is 0 Å². The second-order valence-electron chi connectivity index (χ2n) is 4.65. The Kier molecular flexibility index (Phi) is 1.94. The topological polar surface area (TPSA) is 66.0 Å². The van der Waals surface area contributed by atoms with Gasteiger partial charge in [0.1, 0.15) is 6.10 Å². The molecule has 1 aromatic carbocycles. The van der Waals surface area contributed by atoms with E-state index >= 15 is 0 Å². The molecule has 1 unspecified atom stereocenters. The standard InChI is InChI=1S/C15H10N2O2/c18-14-8-5-6-16-7-10(8)15(19)13-12(14)9-3-1-2-4-11(9)17-13/h1-7,14,17-18H. The molecule has 0 saturated carbocycles. The Morgan fingerprint density at radius 3 is 2.95 bits per heavy atom. The number of hydrogen-bond acceptors (Lipinski definition) is 3. The van der Waals surface area contributed by atoms with Crippen molar-refractivity contribution in [2.24, 2.45) is 0 Å². The van der Waals surface area contributed by atoms with Crippen LogP contribution in [0, 0.1) is 0 Å². The predicted molar refractivity (Wildman–Crippen MR) is 70.0 cm³/mol. The van der Waals surface area contributed by atoms with Crippen molar-refractivity contribution >= 4 is 16.7 Å². The van der Waals surface area contributed by atoms with Crippen LogP contribution in [0.3, 0.4) is 0 Å². The maximum Gasteiger partial charge on any atom is 0.211 e. The molecule has 1 aliphatic rings. The number of aromatic nitrogens is 2. The van der Waals surface area contributed by atoms with E-state index in [0.717, 1.165) is 10.9 Å². The first-order valence-corrected chi connectivity index (χ1v) is 6.04. The number of aromatic amines is 1. The average Bonchev–Trinajstić information content (AvgIpc) is 2.84. The number of aliphatic hydroxyl groups is 1. The van der Waals surface area contributed by atoms with Crippen LogP contribution in [0.2, 0.25) is 0 Å². The highest BCUT2D eigenvalue weighted by molar-refractivity contribution is 6.14. The van der Waals surface area contributed by atoms with E-state index in [4.69, 9.17) is 0 Å². The van der Waals surface area contributed by atoms with E-state index < -0.39 is 6.10 Å². The number of H-pyrrole nitrogens is 1. The van der Waals surface area contributed by atoms with Gasteiger partial charge < -0.3 is 10.1 Å². The van der Waals surface area contributed by atoms with Crippen molar-refractivity contribution < 1.29 is 9.90 Å². The Morgan fingerprint density at radius 2 is 2.05 bits per heavy atom. The third-order valence-electron chi connectivity index (χ3n) is 3.64. The lowest BCUT2D eigenvalue weighted by atomic mass is 9.87. The van der Waals surface area contributed by atoms with Gasteiger partial charge in [0.05, 0.1) is 5.69 Å². The molecule has 2 aromatic heterocycles. The highest BCUT2D eigenvalue weighted by Crippen LogP contribution is 2.38. The van der Waals surface area contributed by atoms with Crippen molar-refractivity contribution in [1.29, 1.82) is 0 Å². The fourth-order valence-corrected chi connectivity index (χ4v) is 2.75. The molecule has 4 heteroatoms. The Balaban J connectivity index is 2.10. The summed E-state index contributed by atoms with van der Waals surface area (Å²) < 4.78 is 0. The molecule has 92 valence electrons. The summed E-state index contributed by atoms with van der Waals surface area (Å²) in [5.41, 5.74) is 3.08. The van der Waals surface area contributed by atoms with Gasteiger partial charge in [0, 0.05) is 34.4 Å². The fourth-order valence-electron chi connectivity index (χ4n) is 2.75. The molecule has 4 nitrogen and oxygen atoms in total. The number of rotatable bonds is 0. The van der Waals surface area contributed by atoms with Gasteiger partial charge in [-0.05, 0) is 17.7 Å². The minimum absolute atomic E-state index is 0.111. The molecule has 0 bridgehead atoms. The summed E-state index contributed by atoms with van der Waals surface area (Å²) in [5, 5.41) is 11.4. The van der Waals surface area contributed by atoms with E-state index in [-0.39, 0.29) is 5.78 Å². The lowest BCUT2D eigenvalue weighted by Gasteiger charge is -2.20. The zero-order valence-corrected chi connectivity index (χ0v) is 9.92. The van der Waals surface area contributed by atoms with Crippen molar-refractivity contribution in [2.45, 2.75) is 6.10 Å². The fraction of sp³-hybridized carbons (Fsp3) is 0.0667. The van der Waals surface area contributed by atoms with Gasteiger partial charge in [-0.2, -0.15) is 0 Å². The van der Waals surface area contributed by atoms with Crippen LogP contribution in [0.25, 0.3) is 10.9 Å². The Labute approximate surface area is 108 Å². The second-order valence-corrected chi connectivity index (χ2v) is 4.65. The largest absolute Gasteiger partial charge is 0.384 e. The Morgan fingerprint density at radius 1 is 1.21 bits per heavy atom. The van der Waals surface area contributed by atoms with Crippen LogP contribution in [0.1, 0.15) is 33.3 Å². The zero-order valence-electron chi connectivity index (χ0n) is 9.92. The molecule has 0 radical (unpaired) electrons. The summed E-state index contributed by atoms with van der Waals surface area (Å²) in [4.78, 5) is 19.5. The molecule has 0 saturated heterocycles. The summed E-state index contributed by atoms with van der Waals surface area (Å²) in [6.07, 6.45) is 2.31. The first kappa shape index (κ1) is 10.5. The normalized spacial score (nSPS) is 17.3. The SMILES string of the molecule is O=C1c2cnccc2C(O)c2c1[nH]c1ccccc21. The van der Waals surface area contributed by atoms with Crippen LogP contribution < -0.4 is 0 Å². The van der Waals surface area contributed by atoms with E-state index in [1.165, 1.54) is 6.20 Å². The number of ketones is 1. The molecule has 0 amide bonds. The number of carbonyl (C=O) groups is 1. The van der Waals surface area contributed by atoms with Crippen LogP contribution in [-0.2, 0) is 0 Å². The summed E-state index contributed by atoms with van der Waals surface area (Å²) in [5.74, 6) is -0.111. The summed E-state index contributed by atoms with van der Waals surface area (Å²) in [7, 11) is 0. The van der Waals surface area contributed by atoms with Gasteiger partial charge in [-0.1, -0.05) is 18.2 Å². The Bertz CT molecular complexity index is 820. The van der Waals surface area contributed by atoms with Gasteiger partial charge in [0.25, 0.3) is 0 Å². The van der Waals surface area contributed by atoms with E-state index in [9.17, 15) is 9.90 Å². The highest BCUT2D eigenvalue weighted by atomic mass is 16.3. The monoisotopic (exact) mass is 250 g/mol. The number of benzene rings is 1. The van der Waals surface area contributed by atoms with Crippen molar-refractivity contribution in [3.8, 4) is 0 Å². The van der Waals surface area contributed by atoms with Gasteiger partial charge >= 0.3 is 0 Å². The third kappa shape index (κ3) is 1.26. The smallest absolute Gasteiger partial charge is 0.211 e. The predicted octanol–water partition coefficient (Wildman–Crippen LogP) is 2.19. The summed E-state index contributed by atoms with van der Waals surface area (Å²) >= 11 is 0. The van der Waals surface area contributed by atoms with E-state index in [1.54, 1.807) is 12.3 Å². The second kappa shape index (κ2) is 3.52. The zero-order chi connectivity index (χ0) is 13.0. The molecule has 1 atom stereocenters. The van der Waals surface area contributed by atoms with E-state index in [1.807, 2.05) is 24.3 Å². The number of aliphatic hydroxyl groups excluding tert-OH is 1. The molecular weight excluding hydrogens is 240 g/mol. The van der Waals surface area contributed by atoms with Crippen LogP contribution in [-0.4, -0.2) is 20.9 Å². The number of fused-ring (bicyclic) bond motifs is 4. The van der Waals surface area contributed by atoms with E-state index in [0.29, 0.717) is 22.4 Å². The van der Waals surface area contributed by atoms with Crippen LogP contribution in [0.15, 0.2) is 42.7 Å². The van der Waals surface area contributed by atoms with Crippen LogP contribution in [0.4, 0.5) is 0 Å². The van der Waals surface area contributed by atoms with Gasteiger partial charge in [-0.15, -0.1) is 0 Å². The van der Waals surface area contributed by atoms with Crippen molar-refractivity contribution in [1.82, 2.24) is 9.97 Å². The molecule has 0 fully saturated rings. The van der Waals surface area contributed by atoms with Crippen molar-refractivity contribution in [3.63, 3.8) is 0 Å². The maximum absolute atomic E-state index is 12.4. The van der Waals surface area contributed by atoms with Crippen molar-refractivity contribution in [3.05, 3.63) is 65.1 Å². The average molecular weight is 250 g/mol. The molecular formula is C15H10N2O2. The number of hydrogen-bond donors (Lipinski definition) is 2. The molecule has 19 heavy (non-hydrogen) atoms. The number of pyridine rings is 1. The van der Waals surface area contributed by atoms with Gasteiger partial charge in [0.2, 0.25) is 5.78 Å². The molecule has 0 aliphatic heterocycles. The van der Waals surface area contributed by atoms with Crippen LogP contribution in [0.5, 0.6) is 0 Å². The molecule has 1 aliphatic carbocycles. The molecule has 2 heterocycles. The first-order valence-electron chi connectivity index (χ1n) is 6.04. The molecule has 4 rings (SSSR count). The minimum Gasteiger partial charge on any atom is -0.384 e. The van der Waals surface area contributed by atoms with Gasteiger partial charge in [-0.3, -0.25) is 9.78 Å². The third-order valence-corrected chi connectivity index (χ3v) is 3.64. The van der Waals surface area contributed by atoms with E-state index in [2.05, 4.69) is 9.97 Å². The summed E-state index contributed by atoms with van der Waals surface area (Å²) in [6.45, 7) is 0. The molecule has 2 N–H and O–H groups in total. The van der Waals surface area contributed by atoms with Crippen molar-refractivity contribution in [2.75, 3.05) is 0 Å². The first-order chi connectivity index (χ1) is 9.27. The number of nitrogens with zero attached hydrogens (tertiary/aromatic N) is 1. The maximum atomic E-state index is 12.4. The lowest BCUT2D eigenvalue weighted by molar-refractivity contribution is 0.101. The van der Waals surface area contributed by atoms with Crippen LogP contribution >= 0.6 is 0 Å². The minimum atomic E-state index is -0.790. The molecule has 3 aromatic rings. The Hall–Kier alpha value is -2.46. The highest BCUT2D eigenvalue weighted by Gasteiger charge is 2.33. The number of nitrogens with one attached hydrogen (secondary N) is 1. The number of carbonyl (C=O) groups excluding carboxylic acids is 1. The number of para-hydroxylation sites is 1. The van der Waals surface area contributed by atoms with Gasteiger partial charge in [0.15, 0.2) is 0 Å². The summed E-state index contributed by atoms with van der Waals surface area (Å²) in [6, 6.07) is 9.30.